The van der Waals surface area contributed by atoms with Crippen LogP contribution in [0, 0.1) is 0 Å². The molecule has 15 heavy (non-hydrogen) atoms. The Morgan fingerprint density at radius 1 is 1.20 bits per heavy atom. The standard InChI is InChI=1S/C9H18O3S2.Pt/c1-7(5-10-3)12-9(13)14-8(2)6-11-4;/h7-8H,5-6H2,1-4H3;. The van der Waals surface area contributed by atoms with Gasteiger partial charge in [-0.15, -0.1) is 0 Å². The fourth-order valence-corrected chi connectivity index (χ4v) is 2.30. The maximum atomic E-state index is 5.42. The molecule has 0 radical (unpaired) electrons. The second kappa shape index (κ2) is 11.3. The smallest absolute Gasteiger partial charge is 0.220 e. The van der Waals surface area contributed by atoms with Crippen LogP contribution in [-0.4, -0.2) is 43.2 Å². The van der Waals surface area contributed by atoms with Crippen LogP contribution in [0.4, 0.5) is 0 Å². The molecule has 0 amide bonds. The molecule has 0 heterocycles. The van der Waals surface area contributed by atoms with Gasteiger partial charge in [-0.05, 0) is 19.1 Å². The van der Waals surface area contributed by atoms with Gasteiger partial charge in [0, 0.05) is 40.5 Å². The predicted molar refractivity (Wildman–Crippen MR) is 64.0 cm³/mol. The van der Waals surface area contributed by atoms with Crippen molar-refractivity contribution in [3.05, 3.63) is 0 Å². The van der Waals surface area contributed by atoms with Gasteiger partial charge in [0.1, 0.15) is 6.10 Å². The van der Waals surface area contributed by atoms with E-state index in [0.29, 0.717) is 22.8 Å². The molecule has 0 aliphatic heterocycles. The van der Waals surface area contributed by atoms with Crippen LogP contribution in [0.15, 0.2) is 0 Å². The van der Waals surface area contributed by atoms with Gasteiger partial charge in [0.05, 0.1) is 13.2 Å². The second-order valence-electron chi connectivity index (χ2n) is 3.02. The van der Waals surface area contributed by atoms with Crippen molar-refractivity contribution in [3.8, 4) is 0 Å². The van der Waals surface area contributed by atoms with Crippen LogP contribution < -0.4 is 0 Å². The molecule has 0 aromatic rings. The van der Waals surface area contributed by atoms with Crippen LogP contribution in [0.3, 0.4) is 0 Å². The summed E-state index contributed by atoms with van der Waals surface area (Å²) in [5.74, 6) is 0. The van der Waals surface area contributed by atoms with Crippen LogP contribution in [0.5, 0.6) is 0 Å². The molecule has 3 nitrogen and oxygen atoms in total. The van der Waals surface area contributed by atoms with Crippen LogP contribution >= 0.6 is 24.0 Å². The van der Waals surface area contributed by atoms with Gasteiger partial charge in [0.25, 0.3) is 0 Å². The van der Waals surface area contributed by atoms with Crippen molar-refractivity contribution >= 4 is 28.4 Å². The average molecular weight is 433 g/mol. The molecule has 2 atom stereocenters. The van der Waals surface area contributed by atoms with Gasteiger partial charge in [-0.2, -0.15) is 0 Å². The van der Waals surface area contributed by atoms with E-state index in [2.05, 4.69) is 0 Å². The van der Waals surface area contributed by atoms with Crippen molar-refractivity contribution < 1.29 is 35.3 Å². The first-order valence-electron chi connectivity index (χ1n) is 4.45. The summed E-state index contributed by atoms with van der Waals surface area (Å²) in [5.41, 5.74) is 0. The molecule has 6 heteroatoms. The van der Waals surface area contributed by atoms with Gasteiger partial charge in [-0.25, -0.2) is 0 Å². The van der Waals surface area contributed by atoms with E-state index < -0.39 is 0 Å². The second-order valence-corrected chi connectivity index (χ2v) is 5.06. The van der Waals surface area contributed by atoms with Crippen molar-refractivity contribution in [2.24, 2.45) is 0 Å². The third-order valence-corrected chi connectivity index (χ3v) is 2.61. The third kappa shape index (κ3) is 11.1. The first kappa shape index (κ1) is 18.2. The Morgan fingerprint density at radius 2 is 1.73 bits per heavy atom. The Hall–Kier alpha value is 0.848. The molecule has 0 aliphatic rings. The number of hydrogen-bond donors (Lipinski definition) is 0. The van der Waals surface area contributed by atoms with Crippen LogP contribution in [0.1, 0.15) is 13.8 Å². The Labute approximate surface area is 116 Å². The number of thioether (sulfide) groups is 1. The fraction of sp³-hybridized carbons (Fsp3) is 0.889. The predicted octanol–water partition coefficient (Wildman–Crippen LogP) is 2.09. The van der Waals surface area contributed by atoms with E-state index in [0.717, 1.165) is 0 Å². The summed E-state index contributed by atoms with van der Waals surface area (Å²) in [5, 5.41) is 0.322. The van der Waals surface area contributed by atoms with Crippen molar-refractivity contribution in [1.29, 1.82) is 0 Å². The first-order chi connectivity index (χ1) is 6.60. The molecule has 0 N–H and O–H groups in total. The van der Waals surface area contributed by atoms with E-state index in [1.165, 1.54) is 11.8 Å². The summed E-state index contributed by atoms with van der Waals surface area (Å²) in [4.78, 5) is 0. The van der Waals surface area contributed by atoms with Gasteiger partial charge in [0.2, 0.25) is 4.38 Å². The molecule has 0 aromatic heterocycles. The molecule has 0 saturated heterocycles. The SMILES string of the molecule is COCC(C)OC(=S)SC(C)COC.[Pt]. The topological polar surface area (TPSA) is 27.7 Å². The van der Waals surface area contributed by atoms with Gasteiger partial charge in [0.15, 0.2) is 0 Å². The van der Waals surface area contributed by atoms with E-state index >= 15 is 0 Å². The summed E-state index contributed by atoms with van der Waals surface area (Å²) < 4.78 is 15.9. The van der Waals surface area contributed by atoms with Gasteiger partial charge < -0.3 is 14.2 Å². The van der Waals surface area contributed by atoms with E-state index in [1.54, 1.807) is 14.2 Å². The Balaban J connectivity index is 0. The van der Waals surface area contributed by atoms with Crippen molar-refractivity contribution in [1.82, 2.24) is 0 Å². The molecule has 0 aromatic carbocycles. The summed E-state index contributed by atoms with van der Waals surface area (Å²) in [6, 6.07) is 0. The maximum absolute atomic E-state index is 5.42. The minimum absolute atomic E-state index is 0. The molecule has 0 fully saturated rings. The molecule has 0 saturated carbocycles. The molecular formula is C9H18O3PtS2. The molecule has 0 aliphatic carbocycles. The van der Waals surface area contributed by atoms with Crippen molar-refractivity contribution in [2.45, 2.75) is 25.2 Å². The Bertz CT molecular complexity index is 153. The zero-order chi connectivity index (χ0) is 11.0. The largest absolute Gasteiger partial charge is 0.473 e. The number of methoxy groups -OCH3 is 2. The van der Waals surface area contributed by atoms with E-state index in [4.69, 9.17) is 26.4 Å². The molecule has 2 unspecified atom stereocenters. The monoisotopic (exact) mass is 433 g/mol. The first-order valence-corrected chi connectivity index (χ1v) is 5.74. The molecule has 0 rings (SSSR count). The fourth-order valence-electron chi connectivity index (χ4n) is 0.894. The number of hydrogen-bond acceptors (Lipinski definition) is 5. The normalized spacial score (nSPS) is 13.9. The van der Waals surface area contributed by atoms with Crippen LogP contribution in [0.2, 0.25) is 0 Å². The molecule has 0 bridgehead atoms. The van der Waals surface area contributed by atoms with Gasteiger partial charge >= 0.3 is 0 Å². The summed E-state index contributed by atoms with van der Waals surface area (Å²) in [6.07, 6.45) is 0.00902. The molecule has 94 valence electrons. The number of rotatable bonds is 6. The number of thiocarbonyl (C=S) groups is 1. The minimum Gasteiger partial charge on any atom is -0.473 e. The van der Waals surface area contributed by atoms with E-state index in [9.17, 15) is 0 Å². The number of ether oxygens (including phenoxy) is 3. The van der Waals surface area contributed by atoms with Crippen molar-refractivity contribution in [2.75, 3.05) is 27.4 Å². The Morgan fingerprint density at radius 3 is 2.20 bits per heavy atom. The van der Waals surface area contributed by atoms with Crippen LogP contribution in [-0.2, 0) is 35.3 Å². The molecular weight excluding hydrogens is 415 g/mol. The molecule has 0 spiro atoms. The van der Waals surface area contributed by atoms with Gasteiger partial charge in [-0.3, -0.25) is 0 Å². The zero-order valence-corrected chi connectivity index (χ0v) is 13.3. The minimum atomic E-state index is 0. The summed E-state index contributed by atoms with van der Waals surface area (Å²) in [6.45, 7) is 5.20. The summed E-state index contributed by atoms with van der Waals surface area (Å²) >= 11 is 6.57. The Kier molecular flexibility index (Phi) is 13.8. The zero-order valence-electron chi connectivity index (χ0n) is 9.43. The quantitative estimate of drug-likeness (QED) is 0.599. The maximum Gasteiger partial charge on any atom is 0.220 e. The average Bonchev–Trinajstić information content (AvgIpc) is 2.03. The van der Waals surface area contributed by atoms with Crippen molar-refractivity contribution in [3.63, 3.8) is 0 Å². The van der Waals surface area contributed by atoms with Gasteiger partial charge in [-0.1, -0.05) is 18.7 Å². The van der Waals surface area contributed by atoms with E-state index in [-0.39, 0.29) is 27.2 Å². The summed E-state index contributed by atoms with van der Waals surface area (Å²) in [7, 11) is 3.32. The van der Waals surface area contributed by atoms with E-state index in [1.807, 2.05) is 13.8 Å². The third-order valence-electron chi connectivity index (χ3n) is 1.40. The van der Waals surface area contributed by atoms with Crippen LogP contribution in [0.25, 0.3) is 0 Å².